The molecule has 2 aromatic carbocycles. The van der Waals surface area contributed by atoms with E-state index in [1.165, 1.54) is 11.0 Å². The first kappa shape index (κ1) is 17.6. The normalized spacial score (nSPS) is 16.4. The SMILES string of the molecule is Cc1ccccc1/C=C1/C(=O)NC(=S)N(c2ccc(Cl)cc2Cl)C1=O. The third-order valence-electron chi connectivity index (χ3n) is 3.74. The van der Waals surface area contributed by atoms with Crippen LogP contribution in [0.25, 0.3) is 6.08 Å². The number of thiocarbonyl (C=S) groups is 1. The Morgan fingerprint density at radius 1 is 1.12 bits per heavy atom. The van der Waals surface area contributed by atoms with Gasteiger partial charge in [-0.25, -0.2) is 0 Å². The first-order chi connectivity index (χ1) is 11.9. The second-order valence-electron chi connectivity index (χ2n) is 5.41. The van der Waals surface area contributed by atoms with Crippen molar-refractivity contribution in [2.75, 3.05) is 4.90 Å². The highest BCUT2D eigenvalue weighted by Gasteiger charge is 2.35. The topological polar surface area (TPSA) is 49.4 Å². The molecule has 3 rings (SSSR count). The number of benzene rings is 2. The van der Waals surface area contributed by atoms with Gasteiger partial charge >= 0.3 is 0 Å². The van der Waals surface area contributed by atoms with Gasteiger partial charge in [0.05, 0.1) is 10.7 Å². The first-order valence-electron chi connectivity index (χ1n) is 7.30. The molecule has 0 atom stereocenters. The van der Waals surface area contributed by atoms with Crippen LogP contribution >= 0.6 is 35.4 Å². The molecule has 2 amide bonds. The zero-order chi connectivity index (χ0) is 18.1. The van der Waals surface area contributed by atoms with Gasteiger partial charge in [0.15, 0.2) is 5.11 Å². The number of nitrogens with zero attached hydrogens (tertiary/aromatic N) is 1. The molecule has 1 aliphatic heterocycles. The lowest BCUT2D eigenvalue weighted by atomic mass is 10.0. The number of anilines is 1. The summed E-state index contributed by atoms with van der Waals surface area (Å²) in [6, 6.07) is 12.1. The number of nitrogens with one attached hydrogen (secondary N) is 1. The highest BCUT2D eigenvalue weighted by molar-refractivity contribution is 7.80. The van der Waals surface area contributed by atoms with Gasteiger partial charge in [0.2, 0.25) is 0 Å². The molecular formula is C18H12Cl2N2O2S. The van der Waals surface area contributed by atoms with E-state index in [2.05, 4.69) is 5.32 Å². The van der Waals surface area contributed by atoms with E-state index in [4.69, 9.17) is 35.4 Å². The average molecular weight is 391 g/mol. The molecule has 0 unspecified atom stereocenters. The van der Waals surface area contributed by atoms with Gasteiger partial charge in [-0.2, -0.15) is 0 Å². The van der Waals surface area contributed by atoms with Crippen LogP contribution in [0.2, 0.25) is 10.0 Å². The predicted molar refractivity (Wildman–Crippen MR) is 104 cm³/mol. The second kappa shape index (κ2) is 6.96. The molecule has 25 heavy (non-hydrogen) atoms. The fourth-order valence-corrected chi connectivity index (χ4v) is 3.21. The third kappa shape index (κ3) is 3.44. The molecule has 0 spiro atoms. The second-order valence-corrected chi connectivity index (χ2v) is 6.64. The number of rotatable bonds is 2. The van der Waals surface area contributed by atoms with Crippen molar-refractivity contribution in [3.05, 3.63) is 69.2 Å². The van der Waals surface area contributed by atoms with Crippen molar-refractivity contribution in [2.24, 2.45) is 0 Å². The maximum atomic E-state index is 12.9. The Balaban J connectivity index is 2.07. The van der Waals surface area contributed by atoms with Crippen LogP contribution in [0, 0.1) is 6.92 Å². The average Bonchev–Trinajstić information content (AvgIpc) is 2.55. The molecule has 0 radical (unpaired) electrons. The minimum Gasteiger partial charge on any atom is -0.298 e. The molecule has 2 aromatic rings. The highest BCUT2D eigenvalue weighted by atomic mass is 35.5. The number of carbonyl (C=O) groups excluding carboxylic acids is 2. The van der Waals surface area contributed by atoms with E-state index in [9.17, 15) is 9.59 Å². The molecule has 4 nitrogen and oxygen atoms in total. The van der Waals surface area contributed by atoms with Crippen LogP contribution in [0.1, 0.15) is 11.1 Å². The number of amides is 2. The number of hydrogen-bond donors (Lipinski definition) is 1. The molecule has 1 heterocycles. The lowest BCUT2D eigenvalue weighted by Crippen LogP contribution is -2.54. The summed E-state index contributed by atoms with van der Waals surface area (Å²) < 4.78 is 0. The van der Waals surface area contributed by atoms with Gasteiger partial charge in [-0.1, -0.05) is 47.5 Å². The van der Waals surface area contributed by atoms with Crippen LogP contribution < -0.4 is 10.2 Å². The van der Waals surface area contributed by atoms with Crippen molar-refractivity contribution < 1.29 is 9.59 Å². The summed E-state index contributed by atoms with van der Waals surface area (Å²) >= 11 is 17.2. The fourth-order valence-electron chi connectivity index (χ4n) is 2.44. The maximum absolute atomic E-state index is 12.9. The van der Waals surface area contributed by atoms with E-state index in [1.807, 2.05) is 31.2 Å². The smallest absolute Gasteiger partial charge is 0.270 e. The van der Waals surface area contributed by atoms with E-state index < -0.39 is 11.8 Å². The van der Waals surface area contributed by atoms with E-state index in [1.54, 1.807) is 18.2 Å². The molecular weight excluding hydrogens is 379 g/mol. The van der Waals surface area contributed by atoms with E-state index >= 15 is 0 Å². The summed E-state index contributed by atoms with van der Waals surface area (Å²) in [6.45, 7) is 1.90. The van der Waals surface area contributed by atoms with Crippen molar-refractivity contribution in [1.29, 1.82) is 0 Å². The minimum absolute atomic E-state index is 0.0195. The summed E-state index contributed by atoms with van der Waals surface area (Å²) in [6.07, 6.45) is 1.55. The lowest BCUT2D eigenvalue weighted by molar-refractivity contribution is -0.122. The van der Waals surface area contributed by atoms with Gasteiger partial charge in [0.1, 0.15) is 5.57 Å². The Morgan fingerprint density at radius 3 is 2.52 bits per heavy atom. The highest BCUT2D eigenvalue weighted by Crippen LogP contribution is 2.31. The summed E-state index contributed by atoms with van der Waals surface area (Å²) in [7, 11) is 0. The number of aryl methyl sites for hydroxylation is 1. The zero-order valence-corrected chi connectivity index (χ0v) is 15.4. The summed E-state index contributed by atoms with van der Waals surface area (Å²) in [5.74, 6) is -1.08. The largest absolute Gasteiger partial charge is 0.298 e. The standard InChI is InChI=1S/C18H12Cl2N2O2S/c1-10-4-2-3-5-11(10)8-13-16(23)21-18(25)22(17(13)24)15-7-6-12(19)9-14(15)20/h2-9H,1H3,(H,21,23,25)/b13-8-. The number of hydrogen-bond acceptors (Lipinski definition) is 3. The van der Waals surface area contributed by atoms with Gasteiger partial charge in [-0.05, 0) is 54.5 Å². The molecule has 0 aliphatic carbocycles. The van der Waals surface area contributed by atoms with Crippen molar-refractivity contribution in [2.45, 2.75) is 6.92 Å². The van der Waals surface area contributed by atoms with Crippen molar-refractivity contribution in [3.63, 3.8) is 0 Å². The predicted octanol–water partition coefficient (Wildman–Crippen LogP) is 4.13. The Bertz CT molecular complexity index is 940. The molecule has 1 aliphatic rings. The van der Waals surface area contributed by atoms with E-state index in [-0.39, 0.29) is 15.7 Å². The van der Waals surface area contributed by atoms with E-state index in [0.29, 0.717) is 10.7 Å². The molecule has 0 bridgehead atoms. The van der Waals surface area contributed by atoms with Gasteiger partial charge in [0, 0.05) is 5.02 Å². The van der Waals surface area contributed by atoms with Gasteiger partial charge < -0.3 is 0 Å². The van der Waals surface area contributed by atoms with Crippen molar-refractivity contribution in [3.8, 4) is 0 Å². The summed E-state index contributed by atoms with van der Waals surface area (Å²) in [4.78, 5) is 26.4. The van der Waals surface area contributed by atoms with Crippen molar-refractivity contribution >= 4 is 64.1 Å². The van der Waals surface area contributed by atoms with E-state index in [0.717, 1.165) is 11.1 Å². The third-order valence-corrected chi connectivity index (χ3v) is 4.56. The molecule has 0 saturated carbocycles. The van der Waals surface area contributed by atoms with Crippen LogP contribution in [-0.4, -0.2) is 16.9 Å². The molecule has 1 N–H and O–H groups in total. The zero-order valence-electron chi connectivity index (χ0n) is 13.0. The summed E-state index contributed by atoms with van der Waals surface area (Å²) in [5.41, 5.74) is 2.06. The number of carbonyl (C=O) groups is 2. The Morgan fingerprint density at radius 2 is 1.84 bits per heavy atom. The molecule has 1 saturated heterocycles. The molecule has 1 fully saturated rings. The van der Waals surface area contributed by atoms with Gasteiger partial charge in [-0.15, -0.1) is 0 Å². The monoisotopic (exact) mass is 390 g/mol. The molecule has 126 valence electrons. The maximum Gasteiger partial charge on any atom is 0.270 e. The van der Waals surface area contributed by atoms with Crippen LogP contribution in [0.15, 0.2) is 48.0 Å². The van der Waals surface area contributed by atoms with Crippen molar-refractivity contribution in [1.82, 2.24) is 5.32 Å². The number of halogens is 2. The quantitative estimate of drug-likeness (QED) is 0.476. The summed E-state index contributed by atoms with van der Waals surface area (Å²) in [5, 5.41) is 3.19. The Labute approximate surface area is 160 Å². The lowest BCUT2D eigenvalue weighted by Gasteiger charge is -2.29. The van der Waals surface area contributed by atoms with Crippen LogP contribution in [-0.2, 0) is 9.59 Å². The minimum atomic E-state index is -0.542. The van der Waals surface area contributed by atoms with Crippen LogP contribution in [0.5, 0.6) is 0 Å². The van der Waals surface area contributed by atoms with Gasteiger partial charge in [-0.3, -0.25) is 19.8 Å². The van der Waals surface area contributed by atoms with Gasteiger partial charge in [0.25, 0.3) is 11.8 Å². The van der Waals surface area contributed by atoms with Crippen LogP contribution in [0.4, 0.5) is 5.69 Å². The fraction of sp³-hybridized carbons (Fsp3) is 0.0556. The first-order valence-corrected chi connectivity index (χ1v) is 8.47. The Kier molecular flexibility index (Phi) is 4.90. The molecule has 0 aromatic heterocycles. The van der Waals surface area contributed by atoms with Crippen LogP contribution in [0.3, 0.4) is 0 Å². The Hall–Kier alpha value is -2.21. The molecule has 7 heteroatoms.